The summed E-state index contributed by atoms with van der Waals surface area (Å²) in [6.45, 7) is 5.85. The molecule has 1 aromatic heterocycles. The van der Waals surface area contributed by atoms with Gasteiger partial charge in [-0.3, -0.25) is 4.79 Å². The smallest absolute Gasteiger partial charge is 0.245 e. The van der Waals surface area contributed by atoms with E-state index in [0.29, 0.717) is 23.6 Å². The molecule has 0 aliphatic heterocycles. The number of amides is 1. The summed E-state index contributed by atoms with van der Waals surface area (Å²) in [4.78, 5) is 13.4. The molecule has 5 nitrogen and oxygen atoms in total. The molecule has 1 heterocycles. The van der Waals surface area contributed by atoms with Crippen molar-refractivity contribution in [1.29, 1.82) is 0 Å². The van der Waals surface area contributed by atoms with Gasteiger partial charge < -0.3 is 18.8 Å². The largest absolute Gasteiger partial charge is 0.497 e. The molecule has 0 aliphatic rings. The Balaban J connectivity index is 1.97. The van der Waals surface area contributed by atoms with Gasteiger partial charge in [0.25, 0.3) is 0 Å². The maximum atomic E-state index is 11.8. The number of fused-ring (bicyclic) bond motifs is 1. The number of rotatable bonds is 6. The van der Waals surface area contributed by atoms with Crippen LogP contribution < -0.4 is 9.47 Å². The second kappa shape index (κ2) is 7.35. The van der Waals surface area contributed by atoms with Crippen molar-refractivity contribution in [3.8, 4) is 17.2 Å². The van der Waals surface area contributed by atoms with Gasteiger partial charge in [0.15, 0.2) is 11.3 Å². The SMILES string of the molecule is C=CC(=O)N(C)Cc1c(C)oc2c(Oc3cccc(OC)c3)cccc12. The molecule has 3 rings (SSSR count). The fraction of sp³-hybridized carbons (Fsp3) is 0.190. The molecule has 0 radical (unpaired) electrons. The number of ether oxygens (including phenoxy) is 2. The quantitative estimate of drug-likeness (QED) is 0.605. The predicted octanol–water partition coefficient (Wildman–Crippen LogP) is 4.69. The lowest BCUT2D eigenvalue weighted by atomic mass is 10.1. The van der Waals surface area contributed by atoms with E-state index in [4.69, 9.17) is 13.9 Å². The summed E-state index contributed by atoms with van der Waals surface area (Å²) in [5, 5.41) is 0.923. The molecule has 0 unspecified atom stereocenters. The summed E-state index contributed by atoms with van der Waals surface area (Å²) < 4.78 is 17.2. The maximum Gasteiger partial charge on any atom is 0.245 e. The van der Waals surface area contributed by atoms with E-state index in [2.05, 4.69) is 6.58 Å². The first-order chi connectivity index (χ1) is 12.5. The zero-order valence-electron chi connectivity index (χ0n) is 15.1. The summed E-state index contributed by atoms with van der Waals surface area (Å²) in [5.41, 5.74) is 1.61. The van der Waals surface area contributed by atoms with Crippen LogP contribution in [0.25, 0.3) is 11.0 Å². The van der Waals surface area contributed by atoms with Crippen molar-refractivity contribution in [2.45, 2.75) is 13.5 Å². The van der Waals surface area contributed by atoms with Gasteiger partial charge in [-0.15, -0.1) is 0 Å². The first kappa shape index (κ1) is 17.6. The van der Waals surface area contributed by atoms with Crippen LogP contribution in [-0.2, 0) is 11.3 Å². The minimum absolute atomic E-state index is 0.137. The van der Waals surface area contributed by atoms with Crippen LogP contribution in [0.4, 0.5) is 0 Å². The number of furan rings is 1. The summed E-state index contributed by atoms with van der Waals surface area (Å²) in [5.74, 6) is 2.61. The fourth-order valence-electron chi connectivity index (χ4n) is 2.80. The van der Waals surface area contributed by atoms with Gasteiger partial charge in [0.1, 0.15) is 17.3 Å². The minimum atomic E-state index is -0.137. The predicted molar refractivity (Wildman–Crippen MR) is 101 cm³/mol. The van der Waals surface area contributed by atoms with E-state index in [1.54, 1.807) is 19.1 Å². The number of nitrogens with zero attached hydrogens (tertiary/aromatic N) is 1. The van der Waals surface area contributed by atoms with Gasteiger partial charge in [0, 0.05) is 30.6 Å². The van der Waals surface area contributed by atoms with Crippen LogP contribution >= 0.6 is 0 Å². The molecule has 0 spiro atoms. The number of aryl methyl sites for hydroxylation is 1. The van der Waals surface area contributed by atoms with Crippen LogP contribution in [0.5, 0.6) is 17.2 Å². The van der Waals surface area contributed by atoms with Crippen LogP contribution in [0, 0.1) is 6.92 Å². The van der Waals surface area contributed by atoms with Gasteiger partial charge in [-0.05, 0) is 31.2 Å². The van der Waals surface area contributed by atoms with Crippen molar-refractivity contribution in [3.05, 3.63) is 66.4 Å². The molecule has 0 atom stereocenters. The Bertz CT molecular complexity index is 958. The molecule has 3 aromatic rings. The lowest BCUT2D eigenvalue weighted by Crippen LogP contribution is -2.24. The fourth-order valence-corrected chi connectivity index (χ4v) is 2.80. The summed E-state index contributed by atoms with van der Waals surface area (Å²) >= 11 is 0. The van der Waals surface area contributed by atoms with Gasteiger partial charge in [0.2, 0.25) is 5.91 Å². The van der Waals surface area contributed by atoms with Crippen LogP contribution in [0.15, 0.2) is 59.5 Å². The van der Waals surface area contributed by atoms with E-state index in [1.165, 1.54) is 6.08 Å². The second-order valence-corrected chi connectivity index (χ2v) is 5.95. The lowest BCUT2D eigenvalue weighted by Gasteiger charge is -2.14. The van der Waals surface area contributed by atoms with Gasteiger partial charge in [-0.2, -0.15) is 0 Å². The number of hydrogen-bond acceptors (Lipinski definition) is 4. The molecule has 0 N–H and O–H groups in total. The maximum absolute atomic E-state index is 11.8. The van der Waals surface area contributed by atoms with Crippen molar-refractivity contribution in [3.63, 3.8) is 0 Å². The lowest BCUT2D eigenvalue weighted by molar-refractivity contribution is -0.125. The zero-order valence-corrected chi connectivity index (χ0v) is 15.1. The molecule has 2 aromatic carbocycles. The number of carbonyl (C=O) groups excluding carboxylic acids is 1. The van der Waals surface area contributed by atoms with Crippen LogP contribution in [0.2, 0.25) is 0 Å². The number of likely N-dealkylation sites (N-methyl/N-ethyl adjacent to an activating group) is 1. The number of methoxy groups -OCH3 is 1. The Hall–Kier alpha value is -3.21. The van der Waals surface area contributed by atoms with Crippen molar-refractivity contribution < 1.29 is 18.7 Å². The van der Waals surface area contributed by atoms with Gasteiger partial charge in [-0.25, -0.2) is 0 Å². The molecule has 5 heteroatoms. The van der Waals surface area contributed by atoms with Crippen molar-refractivity contribution >= 4 is 16.9 Å². The third-order valence-corrected chi connectivity index (χ3v) is 4.20. The Labute approximate surface area is 152 Å². The van der Waals surface area contributed by atoms with E-state index in [1.807, 2.05) is 49.4 Å². The van der Waals surface area contributed by atoms with Crippen molar-refractivity contribution in [2.24, 2.45) is 0 Å². The Morgan fingerprint density at radius 1 is 1.23 bits per heavy atom. The topological polar surface area (TPSA) is 51.9 Å². The number of para-hydroxylation sites is 1. The Morgan fingerprint density at radius 2 is 1.96 bits per heavy atom. The minimum Gasteiger partial charge on any atom is -0.497 e. The Kier molecular flexibility index (Phi) is 4.98. The summed E-state index contributed by atoms with van der Waals surface area (Å²) in [7, 11) is 3.35. The molecule has 0 aliphatic carbocycles. The molecule has 1 amide bonds. The summed E-state index contributed by atoms with van der Waals surface area (Å²) in [6, 6.07) is 13.1. The number of hydrogen-bond donors (Lipinski definition) is 0. The van der Waals surface area contributed by atoms with Gasteiger partial charge in [0.05, 0.1) is 7.11 Å². The highest BCUT2D eigenvalue weighted by Crippen LogP contribution is 2.36. The normalized spacial score (nSPS) is 10.6. The molecule has 26 heavy (non-hydrogen) atoms. The van der Waals surface area contributed by atoms with Crippen LogP contribution in [-0.4, -0.2) is 25.0 Å². The average Bonchev–Trinajstić information content (AvgIpc) is 2.97. The highest BCUT2D eigenvalue weighted by atomic mass is 16.5. The molecule has 0 bridgehead atoms. The van der Waals surface area contributed by atoms with E-state index >= 15 is 0 Å². The van der Waals surface area contributed by atoms with Crippen LogP contribution in [0.3, 0.4) is 0 Å². The first-order valence-corrected chi connectivity index (χ1v) is 8.24. The van der Waals surface area contributed by atoms with Crippen molar-refractivity contribution in [1.82, 2.24) is 4.90 Å². The third-order valence-electron chi connectivity index (χ3n) is 4.20. The average molecular weight is 351 g/mol. The van der Waals surface area contributed by atoms with Crippen LogP contribution in [0.1, 0.15) is 11.3 Å². The highest BCUT2D eigenvalue weighted by molar-refractivity contribution is 5.89. The summed E-state index contributed by atoms with van der Waals surface area (Å²) in [6.07, 6.45) is 1.30. The van der Waals surface area contributed by atoms with E-state index in [0.717, 1.165) is 22.5 Å². The van der Waals surface area contributed by atoms with Gasteiger partial charge in [-0.1, -0.05) is 24.8 Å². The monoisotopic (exact) mass is 351 g/mol. The van der Waals surface area contributed by atoms with E-state index in [-0.39, 0.29) is 5.91 Å². The number of carbonyl (C=O) groups is 1. The number of benzene rings is 2. The molecule has 0 saturated carbocycles. The van der Waals surface area contributed by atoms with Crippen molar-refractivity contribution in [2.75, 3.05) is 14.2 Å². The second-order valence-electron chi connectivity index (χ2n) is 5.95. The Morgan fingerprint density at radius 3 is 2.69 bits per heavy atom. The zero-order chi connectivity index (χ0) is 18.7. The molecular weight excluding hydrogens is 330 g/mol. The third kappa shape index (κ3) is 3.42. The highest BCUT2D eigenvalue weighted by Gasteiger charge is 2.17. The van der Waals surface area contributed by atoms with Gasteiger partial charge >= 0.3 is 0 Å². The molecular formula is C21H21NO4. The first-order valence-electron chi connectivity index (χ1n) is 8.24. The molecule has 0 saturated heterocycles. The molecule has 134 valence electrons. The van der Waals surface area contributed by atoms with E-state index < -0.39 is 0 Å². The van der Waals surface area contributed by atoms with E-state index in [9.17, 15) is 4.79 Å². The standard InChI is InChI=1S/C21H21NO4/c1-5-20(23)22(3)13-18-14(2)25-21-17(18)10-7-11-19(21)26-16-9-6-8-15(12-16)24-4/h5-12H,1,13H2,2-4H3. The molecule has 0 fully saturated rings.